The average Bonchev–Trinajstić information content (AvgIpc) is 2.46. The molecule has 1 aromatic carbocycles. The number of hydrogen-bond acceptors (Lipinski definition) is 5. The number of carbonyl (C=O) groups is 1. The van der Waals surface area contributed by atoms with E-state index in [2.05, 4.69) is 4.74 Å². The van der Waals surface area contributed by atoms with Crippen LogP contribution in [0.2, 0.25) is 5.02 Å². The van der Waals surface area contributed by atoms with Gasteiger partial charge in [-0.1, -0.05) is 11.6 Å². The van der Waals surface area contributed by atoms with Crippen molar-refractivity contribution in [3.8, 4) is 0 Å². The summed E-state index contributed by atoms with van der Waals surface area (Å²) in [5.41, 5.74) is 6.02. The minimum Gasteiger partial charge on any atom is -0.465 e. The zero-order valence-corrected chi connectivity index (χ0v) is 13.2. The monoisotopic (exact) mass is 332 g/mol. The van der Waals surface area contributed by atoms with E-state index >= 15 is 0 Å². The molecule has 0 aliphatic carbocycles. The highest BCUT2D eigenvalue weighted by Crippen LogP contribution is 2.27. The molecule has 6 nitrogen and oxygen atoms in total. The van der Waals surface area contributed by atoms with Crippen LogP contribution >= 0.6 is 11.6 Å². The van der Waals surface area contributed by atoms with Gasteiger partial charge >= 0.3 is 5.97 Å². The Balaban J connectivity index is 2.34. The zero-order valence-electron chi connectivity index (χ0n) is 11.6. The van der Waals surface area contributed by atoms with Crippen molar-refractivity contribution >= 4 is 27.6 Å². The van der Waals surface area contributed by atoms with Gasteiger partial charge in [0.25, 0.3) is 0 Å². The van der Waals surface area contributed by atoms with E-state index in [0.29, 0.717) is 6.54 Å². The van der Waals surface area contributed by atoms with Crippen molar-refractivity contribution in [3.05, 3.63) is 28.8 Å². The summed E-state index contributed by atoms with van der Waals surface area (Å²) in [5, 5.41) is -0.00274. The van der Waals surface area contributed by atoms with Crippen molar-refractivity contribution in [1.29, 1.82) is 0 Å². The average molecular weight is 333 g/mol. The summed E-state index contributed by atoms with van der Waals surface area (Å²) >= 11 is 6.03. The Hall–Kier alpha value is -1.15. The van der Waals surface area contributed by atoms with Crippen LogP contribution in [-0.2, 0) is 14.8 Å². The van der Waals surface area contributed by atoms with Gasteiger partial charge < -0.3 is 10.5 Å². The topological polar surface area (TPSA) is 89.7 Å². The zero-order chi connectivity index (χ0) is 15.6. The van der Waals surface area contributed by atoms with Crippen LogP contribution in [0.25, 0.3) is 0 Å². The van der Waals surface area contributed by atoms with Gasteiger partial charge in [0.05, 0.1) is 17.7 Å². The van der Waals surface area contributed by atoms with Crippen molar-refractivity contribution < 1.29 is 17.9 Å². The molecule has 0 spiro atoms. The smallest absolute Gasteiger partial charge is 0.337 e. The number of ether oxygens (including phenoxy) is 1. The summed E-state index contributed by atoms with van der Waals surface area (Å²) < 4.78 is 31.1. The molecule has 0 saturated carbocycles. The second-order valence-electron chi connectivity index (χ2n) is 4.90. The number of esters is 1. The van der Waals surface area contributed by atoms with Crippen molar-refractivity contribution in [2.45, 2.75) is 23.8 Å². The first kappa shape index (κ1) is 16.2. The number of methoxy groups -OCH3 is 1. The molecule has 1 unspecified atom stereocenters. The first-order chi connectivity index (χ1) is 9.86. The third-order valence-corrected chi connectivity index (χ3v) is 5.74. The Bertz CT molecular complexity index is 648. The number of sulfonamides is 1. The Labute approximate surface area is 128 Å². The van der Waals surface area contributed by atoms with Crippen LogP contribution in [-0.4, -0.2) is 44.9 Å². The molecule has 2 N–H and O–H groups in total. The molecule has 1 aromatic rings. The standard InChI is InChI=1S/C13H17ClN2O4S/c1-20-13(17)9-4-5-12(11(14)7-9)21(18,19)16-6-2-3-10(15)8-16/h4-5,7,10H,2-3,6,8,15H2,1H3. The molecule has 1 aliphatic heterocycles. The number of nitrogens with two attached hydrogens (primary N) is 1. The number of piperidine rings is 1. The lowest BCUT2D eigenvalue weighted by Crippen LogP contribution is -2.45. The molecule has 1 atom stereocenters. The van der Waals surface area contributed by atoms with Crippen molar-refractivity contribution in [3.63, 3.8) is 0 Å². The molecule has 116 valence electrons. The second kappa shape index (κ2) is 6.31. The fourth-order valence-electron chi connectivity index (χ4n) is 2.29. The van der Waals surface area contributed by atoms with Crippen LogP contribution in [0.1, 0.15) is 23.2 Å². The summed E-state index contributed by atoms with van der Waals surface area (Å²) in [4.78, 5) is 11.4. The van der Waals surface area contributed by atoms with Gasteiger partial charge in [0.15, 0.2) is 0 Å². The minimum absolute atomic E-state index is 0.00274. The van der Waals surface area contributed by atoms with E-state index in [4.69, 9.17) is 17.3 Å². The summed E-state index contributed by atoms with van der Waals surface area (Å²) in [6.07, 6.45) is 1.53. The molecule has 1 heterocycles. The van der Waals surface area contributed by atoms with Crippen LogP contribution in [0, 0.1) is 0 Å². The lowest BCUT2D eigenvalue weighted by molar-refractivity contribution is 0.0600. The van der Waals surface area contributed by atoms with E-state index in [-0.39, 0.29) is 28.1 Å². The second-order valence-corrected chi connectivity index (χ2v) is 7.22. The van der Waals surface area contributed by atoms with Crippen molar-refractivity contribution in [2.24, 2.45) is 5.73 Å². The third-order valence-electron chi connectivity index (χ3n) is 3.39. The summed E-state index contributed by atoms with van der Waals surface area (Å²) in [5.74, 6) is -0.569. The quantitative estimate of drug-likeness (QED) is 0.841. The van der Waals surface area contributed by atoms with Gasteiger partial charge in [0.2, 0.25) is 10.0 Å². The molecule has 1 aliphatic rings. The number of rotatable bonds is 3. The third kappa shape index (κ3) is 3.37. The van der Waals surface area contributed by atoms with E-state index in [1.807, 2.05) is 0 Å². The normalized spacial score (nSPS) is 20.2. The maximum Gasteiger partial charge on any atom is 0.337 e. The van der Waals surface area contributed by atoms with Gasteiger partial charge in [-0.25, -0.2) is 13.2 Å². The Morgan fingerprint density at radius 3 is 2.76 bits per heavy atom. The maximum absolute atomic E-state index is 12.6. The first-order valence-electron chi connectivity index (χ1n) is 6.50. The molecule has 0 aromatic heterocycles. The van der Waals surface area contributed by atoms with Crippen molar-refractivity contribution in [2.75, 3.05) is 20.2 Å². The molecule has 8 heteroatoms. The van der Waals surface area contributed by atoms with Crippen molar-refractivity contribution in [1.82, 2.24) is 4.31 Å². The summed E-state index contributed by atoms with van der Waals surface area (Å²) in [6, 6.07) is 3.84. The van der Waals surface area contributed by atoms with Gasteiger partial charge in [-0.05, 0) is 31.0 Å². The van der Waals surface area contributed by atoms with Gasteiger partial charge in [0.1, 0.15) is 4.90 Å². The molecule has 1 saturated heterocycles. The lowest BCUT2D eigenvalue weighted by Gasteiger charge is -2.30. The van der Waals surface area contributed by atoms with E-state index in [1.165, 1.54) is 29.6 Å². The molecule has 0 bridgehead atoms. The largest absolute Gasteiger partial charge is 0.465 e. The highest BCUT2D eigenvalue weighted by Gasteiger charge is 2.30. The molecule has 1 fully saturated rings. The molecule has 0 radical (unpaired) electrons. The molecular weight excluding hydrogens is 316 g/mol. The van der Waals surface area contributed by atoms with E-state index in [1.54, 1.807) is 0 Å². The minimum atomic E-state index is -3.71. The predicted octanol–water partition coefficient (Wildman–Crippen LogP) is 1.24. The molecular formula is C13H17ClN2O4S. The fourth-order valence-corrected chi connectivity index (χ4v) is 4.34. The number of carbonyl (C=O) groups excluding carboxylic acids is 1. The highest BCUT2D eigenvalue weighted by molar-refractivity contribution is 7.89. The lowest BCUT2D eigenvalue weighted by atomic mass is 10.1. The molecule has 0 amide bonds. The van der Waals surface area contributed by atoms with Crippen LogP contribution in [0.5, 0.6) is 0 Å². The van der Waals surface area contributed by atoms with Gasteiger partial charge in [0, 0.05) is 19.1 Å². The summed E-state index contributed by atoms with van der Waals surface area (Å²) in [7, 11) is -2.46. The number of hydrogen-bond donors (Lipinski definition) is 1. The molecule has 21 heavy (non-hydrogen) atoms. The SMILES string of the molecule is COC(=O)c1ccc(S(=O)(=O)N2CCCC(N)C2)c(Cl)c1. The Kier molecular flexibility index (Phi) is 4.88. The van der Waals surface area contributed by atoms with Gasteiger partial charge in [-0.15, -0.1) is 0 Å². The maximum atomic E-state index is 12.6. The first-order valence-corrected chi connectivity index (χ1v) is 8.31. The fraction of sp³-hybridized carbons (Fsp3) is 0.462. The van der Waals surface area contributed by atoms with Crippen LogP contribution in [0.15, 0.2) is 23.1 Å². The van der Waals surface area contributed by atoms with E-state index < -0.39 is 16.0 Å². The number of nitrogens with zero attached hydrogens (tertiary/aromatic N) is 1. The van der Waals surface area contributed by atoms with Gasteiger partial charge in [-0.3, -0.25) is 0 Å². The number of halogens is 1. The van der Waals surface area contributed by atoms with Crippen LogP contribution < -0.4 is 5.73 Å². The van der Waals surface area contributed by atoms with Gasteiger partial charge in [-0.2, -0.15) is 4.31 Å². The highest BCUT2D eigenvalue weighted by atomic mass is 35.5. The van der Waals surface area contributed by atoms with E-state index in [9.17, 15) is 13.2 Å². The number of benzene rings is 1. The Morgan fingerprint density at radius 1 is 1.48 bits per heavy atom. The predicted molar refractivity (Wildman–Crippen MR) is 78.8 cm³/mol. The Morgan fingerprint density at radius 2 is 2.19 bits per heavy atom. The van der Waals surface area contributed by atoms with Crippen LogP contribution in [0.4, 0.5) is 0 Å². The molecule has 2 rings (SSSR count). The van der Waals surface area contributed by atoms with E-state index in [0.717, 1.165) is 12.8 Å². The van der Waals surface area contributed by atoms with Crippen LogP contribution in [0.3, 0.4) is 0 Å². The summed E-state index contributed by atoms with van der Waals surface area (Å²) in [6.45, 7) is 0.697.